The van der Waals surface area contributed by atoms with E-state index in [-0.39, 0.29) is 16.4 Å². The van der Waals surface area contributed by atoms with Gasteiger partial charge in [0, 0.05) is 17.5 Å². The van der Waals surface area contributed by atoms with Gasteiger partial charge in [-0.1, -0.05) is 43.1 Å². The molecular weight excluding hydrogens is 423 g/mol. The number of amides is 1. The van der Waals surface area contributed by atoms with E-state index in [9.17, 15) is 18.0 Å². The van der Waals surface area contributed by atoms with Crippen molar-refractivity contribution < 1.29 is 18.0 Å². The molecule has 4 nitrogen and oxygen atoms in total. The van der Waals surface area contributed by atoms with E-state index in [2.05, 4.69) is 5.10 Å². The number of thiophene rings is 1. The van der Waals surface area contributed by atoms with Crippen LogP contribution >= 0.6 is 22.9 Å². The largest absolute Gasteiger partial charge is 0.435 e. The second-order valence-electron chi connectivity index (χ2n) is 6.44. The van der Waals surface area contributed by atoms with Crippen LogP contribution in [0.15, 0.2) is 47.8 Å². The molecule has 0 N–H and O–H groups in total. The molecule has 2 heterocycles. The van der Waals surface area contributed by atoms with Crippen LogP contribution in [0.1, 0.15) is 40.8 Å². The Morgan fingerprint density at radius 3 is 2.62 bits per heavy atom. The van der Waals surface area contributed by atoms with E-state index in [1.54, 1.807) is 23.1 Å². The lowest BCUT2D eigenvalue weighted by molar-refractivity contribution is -0.141. The number of alkyl halides is 3. The highest BCUT2D eigenvalue weighted by molar-refractivity contribution is 7.09. The molecule has 0 saturated heterocycles. The van der Waals surface area contributed by atoms with Crippen molar-refractivity contribution in [1.82, 2.24) is 14.7 Å². The molecule has 0 aliphatic carbocycles. The van der Waals surface area contributed by atoms with Crippen LogP contribution in [-0.4, -0.2) is 27.1 Å². The highest BCUT2D eigenvalue weighted by atomic mass is 35.5. The number of aromatic nitrogens is 2. The quantitative estimate of drug-likeness (QED) is 0.447. The van der Waals surface area contributed by atoms with E-state index in [4.69, 9.17) is 11.6 Å². The summed E-state index contributed by atoms with van der Waals surface area (Å²) >= 11 is 7.66. The number of benzene rings is 1. The number of rotatable bonds is 7. The van der Waals surface area contributed by atoms with Crippen molar-refractivity contribution in [1.29, 1.82) is 0 Å². The molecule has 0 aliphatic rings. The van der Waals surface area contributed by atoms with E-state index in [0.717, 1.165) is 28.5 Å². The Labute approximate surface area is 175 Å². The molecule has 9 heteroatoms. The van der Waals surface area contributed by atoms with E-state index in [0.29, 0.717) is 13.1 Å². The number of para-hydroxylation sites is 1. The Morgan fingerprint density at radius 1 is 1.24 bits per heavy atom. The first kappa shape index (κ1) is 21.4. The van der Waals surface area contributed by atoms with Crippen LogP contribution in [0.2, 0.25) is 5.02 Å². The second kappa shape index (κ2) is 9.00. The van der Waals surface area contributed by atoms with Gasteiger partial charge in [0.15, 0.2) is 5.69 Å². The predicted molar refractivity (Wildman–Crippen MR) is 108 cm³/mol. The number of hydrogen-bond donors (Lipinski definition) is 0. The van der Waals surface area contributed by atoms with Crippen molar-refractivity contribution in [3.05, 3.63) is 69.1 Å². The van der Waals surface area contributed by atoms with Gasteiger partial charge in [-0.3, -0.25) is 4.79 Å². The highest BCUT2D eigenvalue weighted by Crippen LogP contribution is 2.31. The van der Waals surface area contributed by atoms with E-state index >= 15 is 0 Å². The summed E-state index contributed by atoms with van der Waals surface area (Å²) in [6.07, 6.45) is -3.08. The standard InChI is InChI=1S/C20H19ClF3N3OS/c1-2-3-10-26(13-14-7-6-11-29-14)19(28)17-12-18(20(22,23)24)25-27(17)16-9-5-4-8-15(16)21/h4-9,11-12H,2-3,10,13H2,1H3. The van der Waals surface area contributed by atoms with Gasteiger partial charge < -0.3 is 4.90 Å². The number of carbonyl (C=O) groups excluding carboxylic acids is 1. The van der Waals surface area contributed by atoms with Gasteiger partial charge in [0.1, 0.15) is 5.69 Å². The first-order valence-corrected chi connectivity index (χ1v) is 10.3. The fraction of sp³-hybridized carbons (Fsp3) is 0.300. The van der Waals surface area contributed by atoms with Crippen LogP contribution < -0.4 is 0 Å². The van der Waals surface area contributed by atoms with Crippen molar-refractivity contribution in [2.75, 3.05) is 6.54 Å². The van der Waals surface area contributed by atoms with Gasteiger partial charge in [-0.05, 0) is 30.0 Å². The minimum absolute atomic E-state index is 0.168. The summed E-state index contributed by atoms with van der Waals surface area (Å²) in [4.78, 5) is 15.8. The van der Waals surface area contributed by atoms with Crippen LogP contribution in [0.5, 0.6) is 0 Å². The van der Waals surface area contributed by atoms with Crippen LogP contribution in [0.3, 0.4) is 0 Å². The molecule has 0 aliphatic heterocycles. The fourth-order valence-corrected chi connectivity index (χ4v) is 3.77. The molecule has 29 heavy (non-hydrogen) atoms. The summed E-state index contributed by atoms with van der Waals surface area (Å²) in [5.74, 6) is -0.519. The van der Waals surface area contributed by atoms with Crippen LogP contribution in [0, 0.1) is 0 Å². The number of hydrogen-bond acceptors (Lipinski definition) is 3. The summed E-state index contributed by atoms with van der Waals surface area (Å²) in [6, 6.07) is 10.9. The molecule has 0 spiro atoms. The van der Waals surface area contributed by atoms with Crippen LogP contribution in [0.4, 0.5) is 13.2 Å². The maximum absolute atomic E-state index is 13.3. The first-order chi connectivity index (χ1) is 13.8. The van der Waals surface area contributed by atoms with Gasteiger partial charge in [-0.25, -0.2) is 4.68 Å². The Morgan fingerprint density at radius 2 is 2.00 bits per heavy atom. The van der Waals surface area contributed by atoms with E-state index in [1.165, 1.54) is 17.4 Å². The molecule has 2 aromatic heterocycles. The maximum Gasteiger partial charge on any atom is 0.435 e. The normalized spacial score (nSPS) is 11.6. The predicted octanol–water partition coefficient (Wildman–Crippen LogP) is 6.05. The zero-order valence-electron chi connectivity index (χ0n) is 15.6. The highest BCUT2D eigenvalue weighted by Gasteiger charge is 2.37. The summed E-state index contributed by atoms with van der Waals surface area (Å²) in [7, 11) is 0. The van der Waals surface area contributed by atoms with Crippen molar-refractivity contribution in [3.8, 4) is 5.69 Å². The SMILES string of the molecule is CCCCN(Cc1cccs1)C(=O)c1cc(C(F)(F)F)nn1-c1ccccc1Cl. The topological polar surface area (TPSA) is 38.1 Å². The lowest BCUT2D eigenvalue weighted by Gasteiger charge is -2.22. The maximum atomic E-state index is 13.3. The molecule has 3 rings (SSSR count). The Kier molecular flexibility index (Phi) is 6.64. The summed E-state index contributed by atoms with van der Waals surface area (Å²) in [5, 5.41) is 5.76. The molecule has 0 fully saturated rings. The Balaban J connectivity index is 2.05. The molecule has 0 atom stereocenters. The molecular formula is C20H19ClF3N3OS. The van der Waals surface area contributed by atoms with Crippen molar-refractivity contribution in [2.45, 2.75) is 32.5 Å². The number of carbonyl (C=O) groups is 1. The van der Waals surface area contributed by atoms with Crippen LogP contribution in [-0.2, 0) is 12.7 Å². The van der Waals surface area contributed by atoms with Gasteiger partial charge in [0.25, 0.3) is 5.91 Å². The van der Waals surface area contributed by atoms with Gasteiger partial charge in [-0.15, -0.1) is 11.3 Å². The van der Waals surface area contributed by atoms with Crippen molar-refractivity contribution >= 4 is 28.8 Å². The lowest BCUT2D eigenvalue weighted by atomic mass is 10.2. The molecule has 0 unspecified atom stereocenters. The molecule has 0 saturated carbocycles. The fourth-order valence-electron chi connectivity index (χ4n) is 2.83. The van der Waals surface area contributed by atoms with Gasteiger partial charge in [0.05, 0.1) is 17.3 Å². The van der Waals surface area contributed by atoms with Crippen molar-refractivity contribution in [3.63, 3.8) is 0 Å². The number of unbranched alkanes of at least 4 members (excludes halogenated alkanes) is 1. The number of nitrogens with zero attached hydrogens (tertiary/aromatic N) is 3. The summed E-state index contributed by atoms with van der Waals surface area (Å²) in [5.41, 5.74) is -1.08. The second-order valence-corrected chi connectivity index (χ2v) is 7.87. The van der Waals surface area contributed by atoms with Gasteiger partial charge >= 0.3 is 6.18 Å². The average Bonchev–Trinajstić information content (AvgIpc) is 3.34. The zero-order chi connectivity index (χ0) is 21.0. The monoisotopic (exact) mass is 441 g/mol. The van der Waals surface area contributed by atoms with Gasteiger partial charge in [-0.2, -0.15) is 18.3 Å². The minimum Gasteiger partial charge on any atom is -0.332 e. The lowest BCUT2D eigenvalue weighted by Crippen LogP contribution is -2.32. The smallest absolute Gasteiger partial charge is 0.332 e. The zero-order valence-corrected chi connectivity index (χ0v) is 17.2. The van der Waals surface area contributed by atoms with Crippen LogP contribution in [0.25, 0.3) is 5.69 Å². The molecule has 1 aromatic carbocycles. The Hall–Kier alpha value is -2.32. The average molecular weight is 442 g/mol. The third-order valence-electron chi connectivity index (χ3n) is 4.30. The van der Waals surface area contributed by atoms with E-state index < -0.39 is 17.8 Å². The summed E-state index contributed by atoms with van der Waals surface area (Å²) in [6.45, 7) is 2.75. The summed E-state index contributed by atoms with van der Waals surface area (Å²) < 4.78 is 41.0. The van der Waals surface area contributed by atoms with Gasteiger partial charge in [0.2, 0.25) is 0 Å². The molecule has 154 valence electrons. The molecule has 3 aromatic rings. The molecule has 0 radical (unpaired) electrons. The number of halogens is 4. The first-order valence-electron chi connectivity index (χ1n) is 9.05. The molecule has 0 bridgehead atoms. The minimum atomic E-state index is -4.68. The van der Waals surface area contributed by atoms with E-state index in [1.807, 2.05) is 24.4 Å². The third-order valence-corrected chi connectivity index (χ3v) is 5.48. The van der Waals surface area contributed by atoms with Crippen molar-refractivity contribution in [2.24, 2.45) is 0 Å². The third kappa shape index (κ3) is 5.00. The molecule has 1 amide bonds. The Bertz CT molecular complexity index is 970.